The van der Waals surface area contributed by atoms with Gasteiger partial charge in [-0.25, -0.2) is 0 Å². The highest BCUT2D eigenvalue weighted by Gasteiger charge is 2.50. The number of hydrogen-bond acceptors (Lipinski definition) is 5. The maximum atomic E-state index is 11.3. The molecule has 1 saturated heterocycles. The summed E-state index contributed by atoms with van der Waals surface area (Å²) in [5, 5.41) is 10.9. The van der Waals surface area contributed by atoms with E-state index in [0.717, 1.165) is 11.1 Å². The Hall–Kier alpha value is -2.05. The molecular formula is C20H22O5. The second-order valence-corrected chi connectivity index (χ2v) is 6.21. The van der Waals surface area contributed by atoms with Gasteiger partial charge in [-0.05, 0) is 11.1 Å². The van der Waals surface area contributed by atoms with Crippen LogP contribution in [0.5, 0.6) is 0 Å². The van der Waals surface area contributed by atoms with Crippen molar-refractivity contribution in [1.29, 1.82) is 0 Å². The lowest BCUT2D eigenvalue weighted by Crippen LogP contribution is -2.49. The minimum Gasteiger partial charge on any atom is -0.382 e. The number of carbonyl (C=O) groups is 1. The molecule has 0 unspecified atom stereocenters. The number of benzene rings is 2. The fraction of sp³-hybridized carbons (Fsp3) is 0.350. The third kappa shape index (κ3) is 4.52. The van der Waals surface area contributed by atoms with E-state index in [1.165, 1.54) is 0 Å². The van der Waals surface area contributed by atoms with Crippen LogP contribution in [0.3, 0.4) is 0 Å². The molecule has 1 heterocycles. The van der Waals surface area contributed by atoms with E-state index >= 15 is 0 Å². The summed E-state index contributed by atoms with van der Waals surface area (Å²) in [7, 11) is 0. The van der Waals surface area contributed by atoms with Crippen LogP contribution in [0.25, 0.3) is 0 Å². The standard InChI is InChI=1S/C20H22O5/c21-11-18-19(24-13-17-9-5-2-6-10-17)20(22,15-25-18)14-23-12-16-7-3-1-4-8-16/h1-11,18-19,22H,12-15H2/t18-,19+,20+/m1/s1. The van der Waals surface area contributed by atoms with Gasteiger partial charge in [0.15, 0.2) is 6.29 Å². The summed E-state index contributed by atoms with van der Waals surface area (Å²) in [5.74, 6) is 0. The van der Waals surface area contributed by atoms with Crippen molar-refractivity contribution in [2.45, 2.75) is 31.0 Å². The zero-order chi connectivity index (χ0) is 17.5. The third-order valence-corrected chi connectivity index (χ3v) is 4.22. The van der Waals surface area contributed by atoms with E-state index in [-0.39, 0.29) is 13.2 Å². The van der Waals surface area contributed by atoms with Crippen LogP contribution < -0.4 is 0 Å². The summed E-state index contributed by atoms with van der Waals surface area (Å²) < 4.78 is 16.9. The van der Waals surface area contributed by atoms with Crippen LogP contribution in [0, 0.1) is 0 Å². The molecular weight excluding hydrogens is 320 g/mol. The Morgan fingerprint density at radius 3 is 2.24 bits per heavy atom. The normalized spacial score (nSPS) is 25.8. The van der Waals surface area contributed by atoms with E-state index in [9.17, 15) is 9.90 Å². The molecule has 132 valence electrons. The molecule has 5 nitrogen and oxygen atoms in total. The van der Waals surface area contributed by atoms with Gasteiger partial charge in [-0.1, -0.05) is 60.7 Å². The first-order chi connectivity index (χ1) is 12.2. The first-order valence-corrected chi connectivity index (χ1v) is 8.28. The molecule has 1 aliphatic heterocycles. The van der Waals surface area contributed by atoms with E-state index in [4.69, 9.17) is 14.2 Å². The SMILES string of the molecule is O=C[C@H]1OC[C@@](O)(COCc2ccccc2)[C@H]1OCc1ccccc1. The van der Waals surface area contributed by atoms with Crippen LogP contribution in [0.2, 0.25) is 0 Å². The minimum atomic E-state index is -1.35. The molecule has 0 bridgehead atoms. The van der Waals surface area contributed by atoms with E-state index in [0.29, 0.717) is 19.5 Å². The van der Waals surface area contributed by atoms with Crippen LogP contribution in [0.4, 0.5) is 0 Å². The van der Waals surface area contributed by atoms with Gasteiger partial charge < -0.3 is 24.1 Å². The van der Waals surface area contributed by atoms with Crippen molar-refractivity contribution in [2.24, 2.45) is 0 Å². The zero-order valence-corrected chi connectivity index (χ0v) is 13.9. The van der Waals surface area contributed by atoms with Crippen molar-refractivity contribution in [1.82, 2.24) is 0 Å². The molecule has 1 N–H and O–H groups in total. The first kappa shape index (κ1) is 17.8. The predicted molar refractivity (Wildman–Crippen MR) is 91.9 cm³/mol. The average molecular weight is 342 g/mol. The highest BCUT2D eigenvalue weighted by atomic mass is 16.6. The van der Waals surface area contributed by atoms with Gasteiger partial charge in [0.2, 0.25) is 0 Å². The molecule has 3 atom stereocenters. The highest BCUT2D eigenvalue weighted by molar-refractivity contribution is 5.58. The number of rotatable bonds is 8. The van der Waals surface area contributed by atoms with Gasteiger partial charge in [0.05, 0.1) is 26.4 Å². The van der Waals surface area contributed by atoms with E-state index in [1.807, 2.05) is 60.7 Å². The Balaban J connectivity index is 1.59. The molecule has 1 aliphatic rings. The number of ether oxygens (including phenoxy) is 3. The fourth-order valence-electron chi connectivity index (χ4n) is 2.88. The number of carbonyl (C=O) groups excluding carboxylic acids is 1. The highest BCUT2D eigenvalue weighted by Crippen LogP contribution is 2.28. The van der Waals surface area contributed by atoms with Gasteiger partial charge in [-0.2, -0.15) is 0 Å². The van der Waals surface area contributed by atoms with E-state index in [1.54, 1.807) is 0 Å². The monoisotopic (exact) mass is 342 g/mol. The van der Waals surface area contributed by atoms with Crippen molar-refractivity contribution in [3.63, 3.8) is 0 Å². The summed E-state index contributed by atoms with van der Waals surface area (Å²) in [6.07, 6.45) is -0.889. The lowest BCUT2D eigenvalue weighted by atomic mass is 9.97. The van der Waals surface area contributed by atoms with Crippen LogP contribution >= 0.6 is 0 Å². The molecule has 2 aromatic carbocycles. The summed E-state index contributed by atoms with van der Waals surface area (Å²) in [5.41, 5.74) is 0.625. The Bertz CT molecular complexity index is 660. The van der Waals surface area contributed by atoms with Crippen molar-refractivity contribution < 1.29 is 24.1 Å². The quantitative estimate of drug-likeness (QED) is 0.745. The lowest BCUT2D eigenvalue weighted by molar-refractivity contribution is -0.138. The summed E-state index contributed by atoms with van der Waals surface area (Å²) in [4.78, 5) is 11.3. The number of aldehydes is 1. The van der Waals surface area contributed by atoms with Gasteiger partial charge in [0.25, 0.3) is 0 Å². The average Bonchev–Trinajstić information content (AvgIpc) is 2.97. The largest absolute Gasteiger partial charge is 0.382 e. The van der Waals surface area contributed by atoms with Gasteiger partial charge >= 0.3 is 0 Å². The van der Waals surface area contributed by atoms with E-state index in [2.05, 4.69) is 0 Å². The van der Waals surface area contributed by atoms with Crippen LogP contribution in [-0.2, 0) is 32.2 Å². The Morgan fingerprint density at radius 2 is 1.64 bits per heavy atom. The van der Waals surface area contributed by atoms with Crippen molar-refractivity contribution in [3.8, 4) is 0 Å². The predicted octanol–water partition coefficient (Wildman–Crippen LogP) is 2.12. The van der Waals surface area contributed by atoms with Crippen molar-refractivity contribution in [3.05, 3.63) is 71.8 Å². The van der Waals surface area contributed by atoms with Crippen molar-refractivity contribution >= 4 is 6.29 Å². The molecule has 2 aromatic rings. The zero-order valence-electron chi connectivity index (χ0n) is 13.9. The second-order valence-electron chi connectivity index (χ2n) is 6.21. The van der Waals surface area contributed by atoms with E-state index < -0.39 is 17.8 Å². The summed E-state index contributed by atoms with van der Waals surface area (Å²) in [6.45, 7) is 0.705. The van der Waals surface area contributed by atoms with Crippen molar-refractivity contribution in [2.75, 3.05) is 13.2 Å². The molecule has 3 rings (SSSR count). The maximum Gasteiger partial charge on any atom is 0.151 e. The Labute approximate surface area is 147 Å². The fourth-order valence-corrected chi connectivity index (χ4v) is 2.88. The van der Waals surface area contributed by atoms with Crippen LogP contribution in [0.1, 0.15) is 11.1 Å². The molecule has 0 amide bonds. The summed E-state index contributed by atoms with van der Waals surface area (Å²) >= 11 is 0. The minimum absolute atomic E-state index is 0.00462. The molecule has 1 fully saturated rings. The van der Waals surface area contributed by atoms with Gasteiger partial charge in [-0.3, -0.25) is 0 Å². The van der Waals surface area contributed by atoms with Gasteiger partial charge in [-0.15, -0.1) is 0 Å². The molecule has 5 heteroatoms. The smallest absolute Gasteiger partial charge is 0.151 e. The second kappa shape index (κ2) is 8.36. The molecule has 0 saturated carbocycles. The maximum absolute atomic E-state index is 11.3. The molecule has 0 spiro atoms. The molecule has 25 heavy (non-hydrogen) atoms. The summed E-state index contributed by atoms with van der Waals surface area (Å²) in [6, 6.07) is 19.3. The Kier molecular flexibility index (Phi) is 5.94. The lowest BCUT2D eigenvalue weighted by Gasteiger charge is -2.29. The molecule has 0 aliphatic carbocycles. The molecule has 0 radical (unpaired) electrons. The number of aliphatic hydroxyl groups is 1. The van der Waals surface area contributed by atoms with Gasteiger partial charge in [0.1, 0.15) is 17.8 Å². The molecule has 0 aromatic heterocycles. The van der Waals surface area contributed by atoms with Crippen LogP contribution in [0.15, 0.2) is 60.7 Å². The first-order valence-electron chi connectivity index (χ1n) is 8.28. The number of hydrogen-bond donors (Lipinski definition) is 1. The topological polar surface area (TPSA) is 65.0 Å². The van der Waals surface area contributed by atoms with Crippen LogP contribution in [-0.4, -0.2) is 42.4 Å². The Morgan fingerprint density at radius 1 is 1.04 bits per heavy atom. The third-order valence-electron chi connectivity index (χ3n) is 4.22. The van der Waals surface area contributed by atoms with Gasteiger partial charge in [0, 0.05) is 0 Å².